The number of nitrogens with one attached hydrogen (secondary N) is 1. The van der Waals surface area contributed by atoms with Crippen LogP contribution in [0.1, 0.15) is 46.8 Å². The minimum absolute atomic E-state index is 0.200. The van der Waals surface area contributed by atoms with Crippen LogP contribution in [0.3, 0.4) is 0 Å². The fourth-order valence-corrected chi connectivity index (χ4v) is 5.87. The highest BCUT2D eigenvalue weighted by Gasteiger charge is 2.28. The summed E-state index contributed by atoms with van der Waals surface area (Å²) in [6.07, 6.45) is 4.40. The van der Waals surface area contributed by atoms with Crippen molar-refractivity contribution >= 4 is 39.9 Å². The molecule has 3 aromatic heterocycles. The van der Waals surface area contributed by atoms with Crippen LogP contribution in [0.2, 0.25) is 0 Å². The summed E-state index contributed by atoms with van der Waals surface area (Å²) >= 11 is 2.78. The lowest BCUT2D eigenvalue weighted by molar-refractivity contribution is -0.115. The van der Waals surface area contributed by atoms with Crippen molar-refractivity contribution in [2.75, 3.05) is 5.32 Å². The standard InChI is InChI=1S/C20H23N5O3S2/c1-4-25-17(12-8-9-28-10(12)2)23-24-20(25)29-11(3)18(27)22-19-15(16(21)26)13-6-5-7-14(13)30-19/h8-9,11H,4-7H2,1-3H3,(H2,21,26)(H,22,27)/t11-/m1/s1. The van der Waals surface area contributed by atoms with Gasteiger partial charge in [-0.2, -0.15) is 0 Å². The van der Waals surface area contributed by atoms with Crippen molar-refractivity contribution in [3.05, 3.63) is 34.1 Å². The predicted octanol–water partition coefficient (Wildman–Crippen LogP) is 3.63. The quantitative estimate of drug-likeness (QED) is 0.537. The van der Waals surface area contributed by atoms with Crippen molar-refractivity contribution in [1.29, 1.82) is 0 Å². The zero-order valence-electron chi connectivity index (χ0n) is 17.0. The van der Waals surface area contributed by atoms with E-state index in [1.54, 1.807) is 6.26 Å². The van der Waals surface area contributed by atoms with E-state index in [0.29, 0.717) is 28.1 Å². The number of amides is 2. The number of aryl methyl sites for hydroxylation is 2. The zero-order valence-corrected chi connectivity index (χ0v) is 18.7. The summed E-state index contributed by atoms with van der Waals surface area (Å²) in [7, 11) is 0. The van der Waals surface area contributed by atoms with Crippen LogP contribution in [-0.4, -0.2) is 31.8 Å². The molecule has 8 nitrogen and oxygen atoms in total. The van der Waals surface area contributed by atoms with Crippen LogP contribution in [0, 0.1) is 6.92 Å². The number of thioether (sulfide) groups is 1. The first-order valence-electron chi connectivity index (χ1n) is 9.80. The van der Waals surface area contributed by atoms with Crippen molar-refractivity contribution < 1.29 is 14.0 Å². The Hall–Kier alpha value is -2.59. The van der Waals surface area contributed by atoms with Crippen LogP contribution in [0.5, 0.6) is 0 Å². The monoisotopic (exact) mass is 445 g/mol. The number of carbonyl (C=O) groups excluding carboxylic acids is 2. The minimum Gasteiger partial charge on any atom is -0.469 e. The minimum atomic E-state index is -0.490. The molecule has 158 valence electrons. The zero-order chi connectivity index (χ0) is 21.4. The van der Waals surface area contributed by atoms with Gasteiger partial charge in [0.15, 0.2) is 11.0 Å². The molecule has 0 spiro atoms. The lowest BCUT2D eigenvalue weighted by atomic mass is 10.1. The number of primary amides is 1. The molecule has 1 atom stereocenters. The van der Waals surface area contributed by atoms with Crippen molar-refractivity contribution in [2.45, 2.75) is 57.0 Å². The summed E-state index contributed by atoms with van der Waals surface area (Å²) in [5.74, 6) is 0.790. The van der Waals surface area contributed by atoms with E-state index in [-0.39, 0.29) is 5.91 Å². The normalized spacial score (nSPS) is 14.0. The Morgan fingerprint density at radius 1 is 1.40 bits per heavy atom. The van der Waals surface area contributed by atoms with E-state index in [1.165, 1.54) is 23.1 Å². The summed E-state index contributed by atoms with van der Waals surface area (Å²) in [5, 5.41) is 12.3. The van der Waals surface area contributed by atoms with Gasteiger partial charge >= 0.3 is 0 Å². The smallest absolute Gasteiger partial charge is 0.251 e. The van der Waals surface area contributed by atoms with E-state index >= 15 is 0 Å². The van der Waals surface area contributed by atoms with E-state index < -0.39 is 11.2 Å². The van der Waals surface area contributed by atoms with Crippen molar-refractivity contribution in [3.8, 4) is 11.4 Å². The second-order valence-electron chi connectivity index (χ2n) is 7.12. The second-order valence-corrected chi connectivity index (χ2v) is 9.53. The van der Waals surface area contributed by atoms with Gasteiger partial charge in [-0.1, -0.05) is 11.8 Å². The maximum absolute atomic E-state index is 12.9. The third kappa shape index (κ3) is 3.65. The molecule has 4 rings (SSSR count). The molecule has 0 fully saturated rings. The van der Waals surface area contributed by atoms with Gasteiger partial charge in [-0.05, 0) is 51.7 Å². The number of hydrogen-bond acceptors (Lipinski definition) is 7. The maximum Gasteiger partial charge on any atom is 0.251 e. The summed E-state index contributed by atoms with van der Waals surface area (Å²) in [6.45, 7) is 6.35. The highest BCUT2D eigenvalue weighted by Crippen LogP contribution is 2.39. The first kappa shape index (κ1) is 20.7. The van der Waals surface area contributed by atoms with Gasteiger partial charge in [0.25, 0.3) is 5.91 Å². The van der Waals surface area contributed by atoms with Crippen molar-refractivity contribution in [2.24, 2.45) is 5.73 Å². The molecule has 1 aliphatic rings. The van der Waals surface area contributed by atoms with Crippen LogP contribution >= 0.6 is 23.1 Å². The number of rotatable bonds is 7. The van der Waals surface area contributed by atoms with Gasteiger partial charge in [0, 0.05) is 11.4 Å². The number of hydrogen-bond donors (Lipinski definition) is 2. The molecule has 0 unspecified atom stereocenters. The third-order valence-corrected chi connectivity index (χ3v) is 7.48. The molecule has 0 saturated heterocycles. The summed E-state index contributed by atoms with van der Waals surface area (Å²) in [5.41, 5.74) is 7.93. The molecule has 2 amide bonds. The molecule has 10 heteroatoms. The summed E-state index contributed by atoms with van der Waals surface area (Å²) < 4.78 is 7.34. The van der Waals surface area contributed by atoms with Gasteiger partial charge in [-0.25, -0.2) is 0 Å². The number of carbonyl (C=O) groups is 2. The van der Waals surface area contributed by atoms with Crippen LogP contribution < -0.4 is 11.1 Å². The SMILES string of the molecule is CCn1c(S[C@H](C)C(=O)Nc2sc3c(c2C(N)=O)CCC3)nnc1-c1ccoc1C. The molecule has 1 aliphatic carbocycles. The molecule has 3 N–H and O–H groups in total. The molecule has 30 heavy (non-hydrogen) atoms. The Morgan fingerprint density at radius 2 is 2.20 bits per heavy atom. The van der Waals surface area contributed by atoms with Gasteiger partial charge in [-0.15, -0.1) is 21.5 Å². The Morgan fingerprint density at radius 3 is 2.87 bits per heavy atom. The van der Waals surface area contributed by atoms with Crippen LogP contribution in [0.25, 0.3) is 11.4 Å². The average molecular weight is 446 g/mol. The van der Waals surface area contributed by atoms with E-state index in [9.17, 15) is 9.59 Å². The van der Waals surface area contributed by atoms with Gasteiger partial charge < -0.3 is 20.0 Å². The fraction of sp³-hybridized carbons (Fsp3) is 0.400. The van der Waals surface area contributed by atoms with Gasteiger partial charge in [0.05, 0.1) is 22.6 Å². The summed E-state index contributed by atoms with van der Waals surface area (Å²) in [4.78, 5) is 26.0. The third-order valence-electron chi connectivity index (χ3n) is 5.19. The summed E-state index contributed by atoms with van der Waals surface area (Å²) in [6, 6.07) is 1.86. The van der Waals surface area contributed by atoms with Crippen LogP contribution in [0.4, 0.5) is 5.00 Å². The predicted molar refractivity (Wildman–Crippen MR) is 117 cm³/mol. The van der Waals surface area contributed by atoms with E-state index in [2.05, 4.69) is 15.5 Å². The Bertz CT molecular complexity index is 1110. The number of fused-ring (bicyclic) bond motifs is 1. The van der Waals surface area contributed by atoms with Gasteiger partial charge in [0.2, 0.25) is 5.91 Å². The van der Waals surface area contributed by atoms with Crippen molar-refractivity contribution in [1.82, 2.24) is 14.8 Å². The van der Waals surface area contributed by atoms with Crippen molar-refractivity contribution in [3.63, 3.8) is 0 Å². The molecule has 0 radical (unpaired) electrons. The molecular weight excluding hydrogens is 422 g/mol. The lowest BCUT2D eigenvalue weighted by Gasteiger charge is -2.13. The number of nitrogens with zero attached hydrogens (tertiary/aromatic N) is 3. The largest absolute Gasteiger partial charge is 0.469 e. The first-order valence-corrected chi connectivity index (χ1v) is 11.5. The molecule has 0 aromatic carbocycles. The molecule has 3 aromatic rings. The number of anilines is 1. The fourth-order valence-electron chi connectivity index (χ4n) is 3.66. The van der Waals surface area contributed by atoms with Crippen LogP contribution in [-0.2, 0) is 24.2 Å². The number of thiophene rings is 1. The number of nitrogens with two attached hydrogens (primary N) is 1. The Labute approximate surface area is 182 Å². The number of aromatic nitrogens is 3. The van der Waals surface area contributed by atoms with E-state index in [4.69, 9.17) is 10.2 Å². The molecule has 0 bridgehead atoms. The Balaban J connectivity index is 1.52. The lowest BCUT2D eigenvalue weighted by Crippen LogP contribution is -2.24. The second kappa shape index (κ2) is 8.27. The first-order chi connectivity index (χ1) is 14.4. The van der Waals surface area contributed by atoms with Gasteiger partial charge in [0.1, 0.15) is 10.8 Å². The van der Waals surface area contributed by atoms with Crippen LogP contribution in [0.15, 0.2) is 21.9 Å². The molecular formula is C20H23N5O3S2. The Kier molecular flexibility index (Phi) is 5.70. The van der Waals surface area contributed by atoms with Gasteiger partial charge in [-0.3, -0.25) is 9.59 Å². The number of furan rings is 1. The highest BCUT2D eigenvalue weighted by atomic mass is 32.2. The molecule has 0 saturated carbocycles. The molecule has 3 heterocycles. The average Bonchev–Trinajstić information content (AvgIpc) is 3.45. The topological polar surface area (TPSA) is 116 Å². The highest BCUT2D eigenvalue weighted by molar-refractivity contribution is 8.00. The maximum atomic E-state index is 12.9. The molecule has 0 aliphatic heterocycles. The van der Waals surface area contributed by atoms with E-state index in [0.717, 1.165) is 41.0 Å². The van der Waals surface area contributed by atoms with E-state index in [1.807, 2.05) is 31.4 Å².